The van der Waals surface area contributed by atoms with Crippen molar-refractivity contribution in [1.29, 1.82) is 0 Å². The Morgan fingerprint density at radius 2 is 2.21 bits per heavy atom. The molecule has 1 amide bonds. The zero-order valence-electron chi connectivity index (χ0n) is 11.6. The van der Waals surface area contributed by atoms with E-state index in [1.165, 1.54) is 25.7 Å². The Bertz CT molecular complexity index is 416. The molecule has 6 nitrogen and oxygen atoms in total. The molecular formula is C12H21N5OS. The minimum absolute atomic E-state index is 0.267. The molecule has 106 valence electrons. The summed E-state index contributed by atoms with van der Waals surface area (Å²) in [7, 11) is 3.76. The first-order valence-electron chi connectivity index (χ1n) is 6.79. The molecule has 0 aromatic carbocycles. The number of aromatic nitrogens is 4. The molecule has 0 N–H and O–H groups in total. The van der Waals surface area contributed by atoms with Crippen LogP contribution >= 0.6 is 11.8 Å². The van der Waals surface area contributed by atoms with Crippen LogP contribution < -0.4 is 0 Å². The van der Waals surface area contributed by atoms with E-state index in [0.717, 1.165) is 17.3 Å². The first kappa shape index (κ1) is 14.3. The van der Waals surface area contributed by atoms with E-state index in [4.69, 9.17) is 0 Å². The number of thioether (sulfide) groups is 1. The van der Waals surface area contributed by atoms with Crippen LogP contribution in [0.15, 0.2) is 5.16 Å². The quantitative estimate of drug-likeness (QED) is 0.584. The molecule has 0 saturated heterocycles. The van der Waals surface area contributed by atoms with Gasteiger partial charge in [-0.05, 0) is 29.7 Å². The van der Waals surface area contributed by atoms with Gasteiger partial charge in [-0.15, -0.1) is 5.10 Å². The van der Waals surface area contributed by atoms with Crippen molar-refractivity contribution in [2.24, 2.45) is 7.05 Å². The fraction of sp³-hybridized carbons (Fsp3) is 0.833. The predicted molar refractivity (Wildman–Crippen MR) is 73.8 cm³/mol. The molecule has 1 heterocycles. The van der Waals surface area contributed by atoms with Gasteiger partial charge in [0, 0.05) is 32.3 Å². The third kappa shape index (κ3) is 3.92. The van der Waals surface area contributed by atoms with Gasteiger partial charge in [-0.2, -0.15) is 0 Å². The fourth-order valence-corrected chi connectivity index (χ4v) is 3.19. The van der Waals surface area contributed by atoms with Gasteiger partial charge in [0.25, 0.3) is 0 Å². The average Bonchev–Trinajstić information content (AvgIpc) is 3.05. The van der Waals surface area contributed by atoms with Crippen molar-refractivity contribution < 1.29 is 4.79 Å². The molecule has 1 saturated carbocycles. The molecule has 1 aliphatic rings. The lowest BCUT2D eigenvalue weighted by Gasteiger charge is -2.24. The topological polar surface area (TPSA) is 63.9 Å². The second-order valence-electron chi connectivity index (χ2n) is 4.98. The molecule has 1 aromatic rings. The Hall–Kier alpha value is -1.11. The number of nitrogens with zero attached hydrogens (tertiary/aromatic N) is 5. The van der Waals surface area contributed by atoms with Crippen molar-refractivity contribution in [2.45, 2.75) is 49.7 Å². The van der Waals surface area contributed by atoms with E-state index in [0.29, 0.717) is 12.5 Å². The lowest BCUT2D eigenvalue weighted by Crippen LogP contribution is -2.35. The maximum Gasteiger partial charge on any atom is 0.222 e. The van der Waals surface area contributed by atoms with Gasteiger partial charge in [0.2, 0.25) is 11.1 Å². The van der Waals surface area contributed by atoms with Gasteiger partial charge in [0.05, 0.1) is 0 Å². The van der Waals surface area contributed by atoms with E-state index in [9.17, 15) is 4.79 Å². The number of tetrazole rings is 1. The van der Waals surface area contributed by atoms with E-state index in [1.54, 1.807) is 16.4 Å². The van der Waals surface area contributed by atoms with Crippen molar-refractivity contribution >= 4 is 17.7 Å². The summed E-state index contributed by atoms with van der Waals surface area (Å²) < 4.78 is 1.65. The van der Waals surface area contributed by atoms with Crippen LogP contribution in [0, 0.1) is 0 Å². The van der Waals surface area contributed by atoms with Crippen molar-refractivity contribution in [3.05, 3.63) is 0 Å². The molecule has 7 heteroatoms. The molecule has 0 aliphatic heterocycles. The van der Waals surface area contributed by atoms with Crippen LogP contribution in [0.2, 0.25) is 0 Å². The highest BCUT2D eigenvalue weighted by Gasteiger charge is 2.22. The standard InChI is InChI=1S/C12H21N5OS/c1-16(10-6-3-4-7-10)11(18)8-5-9-19-12-13-14-15-17(12)2/h10H,3-9H2,1-2H3. The highest BCUT2D eigenvalue weighted by Crippen LogP contribution is 2.23. The maximum atomic E-state index is 12.0. The minimum Gasteiger partial charge on any atom is -0.343 e. The predicted octanol–water partition coefficient (Wildman–Crippen LogP) is 1.48. The summed E-state index contributed by atoms with van der Waals surface area (Å²) >= 11 is 1.60. The number of carbonyl (C=O) groups excluding carboxylic acids is 1. The Kier molecular flexibility index (Phi) is 5.18. The summed E-state index contributed by atoms with van der Waals surface area (Å²) in [6.07, 6.45) is 6.34. The third-order valence-electron chi connectivity index (χ3n) is 3.61. The number of carbonyl (C=O) groups is 1. The van der Waals surface area contributed by atoms with E-state index in [-0.39, 0.29) is 5.91 Å². The van der Waals surface area contributed by atoms with Crippen LogP contribution in [-0.4, -0.2) is 49.9 Å². The lowest BCUT2D eigenvalue weighted by molar-refractivity contribution is -0.131. The third-order valence-corrected chi connectivity index (χ3v) is 4.71. The summed E-state index contributed by atoms with van der Waals surface area (Å²) in [4.78, 5) is 14.0. The van der Waals surface area contributed by atoms with Crippen LogP contribution in [0.1, 0.15) is 38.5 Å². The zero-order chi connectivity index (χ0) is 13.7. The Morgan fingerprint density at radius 1 is 1.47 bits per heavy atom. The van der Waals surface area contributed by atoms with E-state index in [1.807, 2.05) is 19.0 Å². The second kappa shape index (κ2) is 6.88. The number of hydrogen-bond donors (Lipinski definition) is 0. The molecule has 19 heavy (non-hydrogen) atoms. The van der Waals surface area contributed by atoms with Gasteiger partial charge >= 0.3 is 0 Å². The monoisotopic (exact) mass is 283 g/mol. The van der Waals surface area contributed by atoms with E-state index < -0.39 is 0 Å². The average molecular weight is 283 g/mol. The number of rotatable bonds is 6. The summed E-state index contributed by atoms with van der Waals surface area (Å²) in [5.41, 5.74) is 0. The van der Waals surface area contributed by atoms with Crippen LogP contribution in [0.4, 0.5) is 0 Å². The van der Waals surface area contributed by atoms with Gasteiger partial charge in [-0.1, -0.05) is 24.6 Å². The molecule has 0 unspecified atom stereocenters. The highest BCUT2D eigenvalue weighted by molar-refractivity contribution is 7.99. The van der Waals surface area contributed by atoms with Crippen LogP contribution in [0.3, 0.4) is 0 Å². The molecule has 1 aromatic heterocycles. The fourth-order valence-electron chi connectivity index (χ4n) is 2.40. The largest absolute Gasteiger partial charge is 0.343 e. The van der Waals surface area contributed by atoms with Gasteiger partial charge in [0.15, 0.2) is 0 Å². The molecule has 0 bridgehead atoms. The molecule has 1 aliphatic carbocycles. The smallest absolute Gasteiger partial charge is 0.222 e. The van der Waals surface area contributed by atoms with Crippen LogP contribution in [0.5, 0.6) is 0 Å². The zero-order valence-corrected chi connectivity index (χ0v) is 12.4. The molecule has 0 radical (unpaired) electrons. The summed E-state index contributed by atoms with van der Waals surface area (Å²) in [5, 5.41) is 12.1. The second-order valence-corrected chi connectivity index (χ2v) is 6.04. The van der Waals surface area contributed by atoms with Crippen molar-refractivity contribution in [3.63, 3.8) is 0 Å². The minimum atomic E-state index is 0.267. The van der Waals surface area contributed by atoms with Gasteiger partial charge < -0.3 is 4.90 Å². The first-order chi connectivity index (χ1) is 9.18. The molecule has 0 spiro atoms. The maximum absolute atomic E-state index is 12.0. The van der Waals surface area contributed by atoms with Gasteiger partial charge in [-0.3, -0.25) is 4.79 Å². The van der Waals surface area contributed by atoms with E-state index >= 15 is 0 Å². The SMILES string of the molecule is CN(C(=O)CCCSc1nnnn1C)C1CCCC1. The first-order valence-corrected chi connectivity index (χ1v) is 7.78. The number of aryl methyl sites for hydroxylation is 1. The molecular weight excluding hydrogens is 262 g/mol. The Labute approximate surface area is 117 Å². The lowest BCUT2D eigenvalue weighted by atomic mass is 10.2. The normalized spacial score (nSPS) is 15.9. The molecule has 1 fully saturated rings. The molecule has 0 atom stereocenters. The van der Waals surface area contributed by atoms with Gasteiger partial charge in [0.1, 0.15) is 0 Å². The molecule has 2 rings (SSSR count). The van der Waals surface area contributed by atoms with Crippen molar-refractivity contribution in [2.75, 3.05) is 12.8 Å². The Morgan fingerprint density at radius 3 is 2.84 bits per heavy atom. The number of hydrogen-bond acceptors (Lipinski definition) is 5. The van der Waals surface area contributed by atoms with Gasteiger partial charge in [-0.25, -0.2) is 4.68 Å². The van der Waals surface area contributed by atoms with Crippen molar-refractivity contribution in [1.82, 2.24) is 25.1 Å². The van der Waals surface area contributed by atoms with Crippen molar-refractivity contribution in [3.8, 4) is 0 Å². The highest BCUT2D eigenvalue weighted by atomic mass is 32.2. The van der Waals surface area contributed by atoms with Crippen LogP contribution in [0.25, 0.3) is 0 Å². The summed E-state index contributed by atoms with van der Waals surface area (Å²) in [6.45, 7) is 0. The summed E-state index contributed by atoms with van der Waals surface area (Å²) in [5.74, 6) is 1.14. The summed E-state index contributed by atoms with van der Waals surface area (Å²) in [6, 6.07) is 0.475. The van der Waals surface area contributed by atoms with Crippen LogP contribution in [-0.2, 0) is 11.8 Å². The van der Waals surface area contributed by atoms with E-state index in [2.05, 4.69) is 15.5 Å². The number of amides is 1. The Balaban J connectivity index is 1.65.